The molecule has 2 heterocycles. The third-order valence-corrected chi connectivity index (χ3v) is 4.84. The number of likely N-dealkylation sites (tertiary alicyclic amines) is 1. The summed E-state index contributed by atoms with van der Waals surface area (Å²) in [7, 11) is 3.37. The molecular formula is C15H29FN4O. The van der Waals surface area contributed by atoms with Crippen LogP contribution in [0.3, 0.4) is 0 Å². The van der Waals surface area contributed by atoms with Crippen LogP contribution in [-0.4, -0.2) is 92.2 Å². The lowest BCUT2D eigenvalue weighted by molar-refractivity contribution is -0.144. The van der Waals surface area contributed by atoms with Gasteiger partial charge in [-0.25, -0.2) is 0 Å². The van der Waals surface area contributed by atoms with Gasteiger partial charge in [-0.3, -0.25) is 9.69 Å². The molecule has 2 fully saturated rings. The molecule has 0 spiro atoms. The summed E-state index contributed by atoms with van der Waals surface area (Å²) in [5.74, 6) is -0.0264. The molecule has 2 saturated heterocycles. The van der Waals surface area contributed by atoms with E-state index >= 15 is 0 Å². The largest absolute Gasteiger partial charge is 0.304 e. The summed E-state index contributed by atoms with van der Waals surface area (Å²) in [5, 5.41) is 0.222. The fraction of sp³-hybridized carbons (Fsp3) is 0.933. The van der Waals surface area contributed by atoms with Gasteiger partial charge in [-0.1, -0.05) is 4.48 Å². The van der Waals surface area contributed by atoms with E-state index in [2.05, 4.69) is 21.7 Å². The SMILES string of the molecule is CN1CCN(CCN2CCC(CC(=O)N(C)F)CC2)CC1. The molecule has 0 aromatic heterocycles. The van der Waals surface area contributed by atoms with Gasteiger partial charge in [0.05, 0.1) is 0 Å². The highest BCUT2D eigenvalue weighted by atomic mass is 19.2. The van der Waals surface area contributed by atoms with Crippen LogP contribution in [0.15, 0.2) is 0 Å². The molecule has 0 radical (unpaired) electrons. The fourth-order valence-electron chi connectivity index (χ4n) is 3.14. The Hall–Kier alpha value is -0.720. The summed E-state index contributed by atoms with van der Waals surface area (Å²) in [6.45, 7) is 9.03. The average molecular weight is 300 g/mol. The lowest BCUT2D eigenvalue weighted by Gasteiger charge is -2.36. The Balaban J connectivity index is 1.60. The van der Waals surface area contributed by atoms with E-state index in [1.165, 1.54) is 33.2 Å². The van der Waals surface area contributed by atoms with Crippen LogP contribution < -0.4 is 0 Å². The van der Waals surface area contributed by atoms with E-state index in [1.807, 2.05) is 0 Å². The highest BCUT2D eigenvalue weighted by Gasteiger charge is 2.23. The van der Waals surface area contributed by atoms with Gasteiger partial charge in [-0.15, -0.1) is 0 Å². The Labute approximate surface area is 127 Å². The van der Waals surface area contributed by atoms with Crippen LogP contribution in [0.5, 0.6) is 0 Å². The zero-order chi connectivity index (χ0) is 15.2. The highest BCUT2D eigenvalue weighted by Crippen LogP contribution is 2.21. The summed E-state index contributed by atoms with van der Waals surface area (Å²) < 4.78 is 12.7. The zero-order valence-electron chi connectivity index (χ0n) is 13.4. The number of hydrogen-bond donors (Lipinski definition) is 0. The molecule has 6 heteroatoms. The highest BCUT2D eigenvalue weighted by molar-refractivity contribution is 5.74. The van der Waals surface area contributed by atoms with Gasteiger partial charge in [0.25, 0.3) is 0 Å². The van der Waals surface area contributed by atoms with E-state index in [4.69, 9.17) is 0 Å². The number of likely N-dealkylation sites (N-methyl/N-ethyl adjacent to an activating group) is 1. The molecule has 0 unspecified atom stereocenters. The van der Waals surface area contributed by atoms with Gasteiger partial charge < -0.3 is 9.80 Å². The first kappa shape index (κ1) is 16.6. The molecule has 0 aromatic rings. The maximum atomic E-state index is 12.7. The second-order valence-corrected chi connectivity index (χ2v) is 6.50. The molecule has 2 aliphatic heterocycles. The third kappa shape index (κ3) is 5.52. The van der Waals surface area contributed by atoms with E-state index in [9.17, 15) is 9.28 Å². The van der Waals surface area contributed by atoms with Gasteiger partial charge in [-0.05, 0) is 38.9 Å². The number of carbonyl (C=O) groups excluding carboxylic acids is 1. The maximum Gasteiger partial charge on any atom is 0.250 e. The quantitative estimate of drug-likeness (QED) is 0.699. The Morgan fingerprint density at radius 1 is 1.05 bits per heavy atom. The van der Waals surface area contributed by atoms with E-state index in [1.54, 1.807) is 0 Å². The first-order valence-corrected chi connectivity index (χ1v) is 8.10. The average Bonchev–Trinajstić information content (AvgIpc) is 2.48. The summed E-state index contributed by atoms with van der Waals surface area (Å²) in [6, 6.07) is 0. The number of halogens is 1. The summed E-state index contributed by atoms with van der Waals surface area (Å²) >= 11 is 0. The van der Waals surface area contributed by atoms with Crippen LogP contribution >= 0.6 is 0 Å². The molecule has 5 nitrogen and oxygen atoms in total. The van der Waals surface area contributed by atoms with E-state index < -0.39 is 0 Å². The Morgan fingerprint density at radius 3 is 2.10 bits per heavy atom. The summed E-state index contributed by atoms with van der Waals surface area (Å²) in [6.07, 6.45) is 2.39. The molecular weight excluding hydrogens is 271 g/mol. The minimum atomic E-state index is -0.383. The molecule has 1 amide bonds. The Kier molecular flexibility index (Phi) is 6.39. The maximum absolute atomic E-state index is 12.7. The van der Waals surface area contributed by atoms with E-state index in [0.29, 0.717) is 12.3 Å². The molecule has 0 atom stereocenters. The lowest BCUT2D eigenvalue weighted by atomic mass is 9.93. The molecule has 122 valence electrons. The Bertz CT molecular complexity index is 324. The molecule has 2 aliphatic rings. The van der Waals surface area contributed by atoms with Gasteiger partial charge in [0.15, 0.2) is 0 Å². The van der Waals surface area contributed by atoms with Crippen molar-refractivity contribution < 1.29 is 9.28 Å². The summed E-state index contributed by atoms with van der Waals surface area (Å²) in [5.41, 5.74) is 0. The van der Waals surface area contributed by atoms with E-state index in [0.717, 1.165) is 39.0 Å². The summed E-state index contributed by atoms with van der Waals surface area (Å²) in [4.78, 5) is 18.8. The molecule has 0 bridgehead atoms. The van der Waals surface area contributed by atoms with Gasteiger partial charge in [0, 0.05) is 52.7 Å². The predicted molar refractivity (Wildman–Crippen MR) is 81.6 cm³/mol. The molecule has 0 N–H and O–H groups in total. The number of piperazine rings is 1. The number of carbonyl (C=O) groups is 1. The monoisotopic (exact) mass is 300 g/mol. The van der Waals surface area contributed by atoms with Crippen molar-refractivity contribution in [2.75, 3.05) is 66.5 Å². The van der Waals surface area contributed by atoms with Crippen LogP contribution in [-0.2, 0) is 4.79 Å². The van der Waals surface area contributed by atoms with E-state index in [-0.39, 0.29) is 11.0 Å². The number of amides is 1. The first-order valence-electron chi connectivity index (χ1n) is 8.10. The van der Waals surface area contributed by atoms with Crippen molar-refractivity contribution in [1.29, 1.82) is 0 Å². The number of nitrogens with zero attached hydrogens (tertiary/aromatic N) is 4. The second-order valence-electron chi connectivity index (χ2n) is 6.50. The van der Waals surface area contributed by atoms with Crippen LogP contribution in [0.2, 0.25) is 0 Å². The van der Waals surface area contributed by atoms with Crippen molar-refractivity contribution in [3.63, 3.8) is 0 Å². The van der Waals surface area contributed by atoms with Crippen molar-refractivity contribution >= 4 is 5.91 Å². The molecule has 2 rings (SSSR count). The van der Waals surface area contributed by atoms with Crippen molar-refractivity contribution in [3.05, 3.63) is 0 Å². The number of hydrogen-bond acceptors (Lipinski definition) is 4. The smallest absolute Gasteiger partial charge is 0.250 e. The fourth-order valence-corrected chi connectivity index (χ4v) is 3.14. The normalized spacial score (nSPS) is 23.4. The lowest BCUT2D eigenvalue weighted by Crippen LogP contribution is -2.47. The number of rotatable bonds is 5. The van der Waals surface area contributed by atoms with Crippen molar-refractivity contribution in [2.45, 2.75) is 19.3 Å². The predicted octanol–water partition coefficient (Wildman–Crippen LogP) is 0.679. The van der Waals surface area contributed by atoms with Crippen molar-refractivity contribution in [2.24, 2.45) is 5.92 Å². The van der Waals surface area contributed by atoms with Gasteiger partial charge in [-0.2, -0.15) is 5.12 Å². The van der Waals surface area contributed by atoms with Gasteiger partial charge >= 0.3 is 0 Å². The van der Waals surface area contributed by atoms with Crippen LogP contribution in [0, 0.1) is 5.92 Å². The topological polar surface area (TPSA) is 30.0 Å². The van der Waals surface area contributed by atoms with Crippen LogP contribution in [0.4, 0.5) is 4.48 Å². The second kappa shape index (κ2) is 8.06. The third-order valence-electron chi connectivity index (χ3n) is 4.84. The molecule has 0 aromatic carbocycles. The molecule has 0 aliphatic carbocycles. The van der Waals surface area contributed by atoms with Crippen LogP contribution in [0.25, 0.3) is 0 Å². The van der Waals surface area contributed by atoms with Crippen LogP contribution in [0.1, 0.15) is 19.3 Å². The number of piperidine rings is 1. The van der Waals surface area contributed by atoms with Gasteiger partial charge in [0.1, 0.15) is 0 Å². The minimum Gasteiger partial charge on any atom is -0.304 e. The van der Waals surface area contributed by atoms with Crippen molar-refractivity contribution in [3.8, 4) is 0 Å². The standard InChI is InChI=1S/C15H29FN4O/c1-17-7-9-20(10-8-17)12-11-19-5-3-14(4-6-19)13-15(21)18(2)16/h14H,3-13H2,1-2H3. The first-order chi connectivity index (χ1) is 10.0. The Morgan fingerprint density at radius 2 is 1.57 bits per heavy atom. The van der Waals surface area contributed by atoms with Gasteiger partial charge in [0.2, 0.25) is 5.91 Å². The van der Waals surface area contributed by atoms with Crippen molar-refractivity contribution in [1.82, 2.24) is 19.8 Å². The molecule has 0 saturated carbocycles. The zero-order valence-corrected chi connectivity index (χ0v) is 13.4. The minimum absolute atomic E-state index is 0.222. The molecule has 21 heavy (non-hydrogen) atoms.